The first-order valence-corrected chi connectivity index (χ1v) is 9.14. The van der Waals surface area contributed by atoms with Crippen LogP contribution in [-0.4, -0.2) is 34.8 Å². The highest BCUT2D eigenvalue weighted by Crippen LogP contribution is 2.34. The van der Waals surface area contributed by atoms with Crippen molar-refractivity contribution in [2.75, 3.05) is 7.05 Å². The number of imide groups is 1. The number of hydrogen-bond donors (Lipinski definition) is 0. The Morgan fingerprint density at radius 3 is 2.22 bits per heavy atom. The molecule has 0 aromatic heterocycles. The smallest absolute Gasteiger partial charge is 0.267 e. The molecule has 0 saturated carbocycles. The van der Waals surface area contributed by atoms with Crippen molar-refractivity contribution in [3.05, 3.63) is 81.3 Å². The summed E-state index contributed by atoms with van der Waals surface area (Å²) >= 11 is 3.46. The molecule has 6 heteroatoms. The van der Waals surface area contributed by atoms with Crippen molar-refractivity contribution in [2.24, 2.45) is 0 Å². The Hall–Kier alpha value is -2.99. The van der Waals surface area contributed by atoms with E-state index in [2.05, 4.69) is 15.9 Å². The van der Waals surface area contributed by atoms with Gasteiger partial charge in [0.25, 0.3) is 17.7 Å². The fourth-order valence-electron chi connectivity index (χ4n) is 3.29. The quantitative estimate of drug-likeness (QED) is 0.581. The van der Waals surface area contributed by atoms with E-state index in [1.807, 2.05) is 25.1 Å². The third-order valence-electron chi connectivity index (χ3n) is 4.73. The molecule has 3 aromatic carbocycles. The van der Waals surface area contributed by atoms with Gasteiger partial charge in [0, 0.05) is 22.5 Å². The zero-order valence-corrected chi connectivity index (χ0v) is 16.3. The zero-order valence-electron chi connectivity index (χ0n) is 14.7. The molecule has 134 valence electrons. The second-order valence-corrected chi connectivity index (χ2v) is 7.29. The summed E-state index contributed by atoms with van der Waals surface area (Å²) in [6.45, 7) is 1.92. The molecule has 1 aliphatic heterocycles. The summed E-state index contributed by atoms with van der Waals surface area (Å²) < 4.78 is 0.807. The minimum atomic E-state index is -0.515. The molecule has 0 radical (unpaired) electrons. The fraction of sp³-hybridized carbons (Fsp3) is 0.0952. The van der Waals surface area contributed by atoms with Crippen LogP contribution in [0.15, 0.2) is 59.1 Å². The number of halogens is 1. The highest BCUT2D eigenvalue weighted by atomic mass is 79.9. The highest BCUT2D eigenvalue weighted by molar-refractivity contribution is 9.10. The minimum absolute atomic E-state index is 0.395. The van der Waals surface area contributed by atoms with Crippen molar-refractivity contribution in [3.8, 4) is 0 Å². The van der Waals surface area contributed by atoms with E-state index in [1.165, 1.54) is 7.05 Å². The summed E-state index contributed by atoms with van der Waals surface area (Å²) in [6.07, 6.45) is 0. The number of carbonyl (C=O) groups is 3. The second kappa shape index (κ2) is 6.32. The molecule has 4 rings (SSSR count). The Morgan fingerprint density at radius 1 is 0.926 bits per heavy atom. The van der Waals surface area contributed by atoms with Gasteiger partial charge in [-0.3, -0.25) is 14.4 Å². The Bertz CT molecular complexity index is 1100. The first-order valence-electron chi connectivity index (χ1n) is 8.35. The lowest BCUT2D eigenvalue weighted by Crippen LogP contribution is -2.52. The molecule has 0 unspecified atom stereocenters. The molecule has 0 aliphatic carbocycles. The first-order chi connectivity index (χ1) is 12.9. The van der Waals surface area contributed by atoms with Crippen molar-refractivity contribution < 1.29 is 14.4 Å². The summed E-state index contributed by atoms with van der Waals surface area (Å²) in [6, 6.07) is 15.7. The monoisotopic (exact) mass is 422 g/mol. The predicted molar refractivity (Wildman–Crippen MR) is 105 cm³/mol. The van der Waals surface area contributed by atoms with Gasteiger partial charge in [0.05, 0.1) is 11.1 Å². The van der Waals surface area contributed by atoms with E-state index in [9.17, 15) is 14.4 Å². The average Bonchev–Trinajstić information content (AvgIpc) is 2.67. The van der Waals surface area contributed by atoms with Crippen molar-refractivity contribution >= 4 is 44.4 Å². The lowest BCUT2D eigenvalue weighted by molar-refractivity contribution is 0.00893. The molecule has 0 bridgehead atoms. The molecule has 0 saturated heterocycles. The van der Waals surface area contributed by atoms with Crippen molar-refractivity contribution in [3.63, 3.8) is 0 Å². The van der Waals surface area contributed by atoms with E-state index in [0.29, 0.717) is 22.1 Å². The maximum Gasteiger partial charge on any atom is 0.280 e. The fourth-order valence-corrected chi connectivity index (χ4v) is 3.76. The molecule has 0 atom stereocenters. The second-order valence-electron chi connectivity index (χ2n) is 6.44. The van der Waals surface area contributed by atoms with E-state index < -0.39 is 17.7 Å². The largest absolute Gasteiger partial charge is 0.280 e. The number of rotatable bonds is 2. The summed E-state index contributed by atoms with van der Waals surface area (Å²) in [7, 11) is 1.43. The lowest BCUT2D eigenvalue weighted by atomic mass is 9.95. The Balaban J connectivity index is 1.80. The van der Waals surface area contributed by atoms with Crippen molar-refractivity contribution in [2.45, 2.75) is 6.92 Å². The normalized spacial score (nSPS) is 13.2. The van der Waals surface area contributed by atoms with Gasteiger partial charge in [-0.25, -0.2) is 5.01 Å². The average molecular weight is 423 g/mol. The van der Waals surface area contributed by atoms with Crippen LogP contribution in [0.2, 0.25) is 0 Å². The molecular weight excluding hydrogens is 408 g/mol. The van der Waals surface area contributed by atoms with Gasteiger partial charge >= 0.3 is 0 Å². The van der Waals surface area contributed by atoms with Crippen molar-refractivity contribution in [1.29, 1.82) is 0 Å². The standard InChI is InChI=1S/C21H15BrN2O3/c1-12-6-8-13(9-7-12)19(25)23(2)24-20(26)15-5-3-4-14-17(22)11-10-16(18(14)15)21(24)27/h3-11H,1-2H3. The molecule has 0 fully saturated rings. The van der Waals surface area contributed by atoms with Crippen LogP contribution in [0, 0.1) is 6.92 Å². The third kappa shape index (κ3) is 2.64. The number of hydrazine groups is 1. The van der Waals surface area contributed by atoms with Crippen LogP contribution in [0.3, 0.4) is 0 Å². The first kappa shape index (κ1) is 17.4. The SMILES string of the molecule is Cc1ccc(C(=O)N(C)N2C(=O)c3cccc4c(Br)ccc(c34)C2=O)cc1. The van der Waals surface area contributed by atoms with Crippen molar-refractivity contribution in [1.82, 2.24) is 10.0 Å². The van der Waals surface area contributed by atoms with Crippen LogP contribution in [0.5, 0.6) is 0 Å². The van der Waals surface area contributed by atoms with E-state index in [-0.39, 0.29) is 0 Å². The summed E-state index contributed by atoms with van der Waals surface area (Å²) in [4.78, 5) is 38.9. The summed E-state index contributed by atoms with van der Waals surface area (Å²) in [5.74, 6) is -1.46. The van der Waals surface area contributed by atoms with Gasteiger partial charge in [-0.1, -0.05) is 45.8 Å². The Kier molecular flexibility index (Phi) is 4.08. The number of amides is 3. The highest BCUT2D eigenvalue weighted by Gasteiger charge is 2.37. The van der Waals surface area contributed by atoms with Gasteiger partial charge in [0.2, 0.25) is 0 Å². The van der Waals surface area contributed by atoms with Gasteiger partial charge in [0.15, 0.2) is 0 Å². The maximum atomic E-state index is 13.1. The number of benzene rings is 3. The molecule has 1 aliphatic rings. The molecule has 3 amide bonds. The van der Waals surface area contributed by atoms with E-state index in [4.69, 9.17) is 0 Å². The molecular formula is C21H15BrN2O3. The molecule has 0 spiro atoms. The predicted octanol–water partition coefficient (Wildman–Crippen LogP) is 4.19. The van der Waals surface area contributed by atoms with Crippen LogP contribution < -0.4 is 0 Å². The topological polar surface area (TPSA) is 57.7 Å². The van der Waals surface area contributed by atoms with Gasteiger partial charge in [-0.05, 0) is 42.6 Å². The number of aryl methyl sites for hydroxylation is 1. The van der Waals surface area contributed by atoms with E-state index >= 15 is 0 Å². The summed E-state index contributed by atoms with van der Waals surface area (Å²) in [5, 5.41) is 3.39. The molecule has 1 heterocycles. The number of nitrogens with zero attached hydrogens (tertiary/aromatic N) is 2. The van der Waals surface area contributed by atoms with Crippen LogP contribution in [0.1, 0.15) is 36.6 Å². The lowest BCUT2D eigenvalue weighted by Gasteiger charge is -2.33. The number of carbonyl (C=O) groups excluding carboxylic acids is 3. The van der Waals surface area contributed by atoms with E-state index in [0.717, 1.165) is 25.4 Å². The Morgan fingerprint density at radius 2 is 1.56 bits per heavy atom. The summed E-state index contributed by atoms with van der Waals surface area (Å²) in [5.41, 5.74) is 2.22. The minimum Gasteiger partial charge on any atom is -0.267 e. The van der Waals surface area contributed by atoms with Gasteiger partial charge < -0.3 is 0 Å². The molecule has 3 aromatic rings. The van der Waals surface area contributed by atoms with Crippen LogP contribution >= 0.6 is 15.9 Å². The third-order valence-corrected chi connectivity index (χ3v) is 5.42. The van der Waals surface area contributed by atoms with Gasteiger partial charge in [-0.2, -0.15) is 5.01 Å². The maximum absolute atomic E-state index is 13.1. The van der Waals surface area contributed by atoms with Gasteiger partial charge in [-0.15, -0.1) is 0 Å². The molecule has 5 nitrogen and oxygen atoms in total. The van der Waals surface area contributed by atoms with E-state index in [1.54, 1.807) is 36.4 Å². The van der Waals surface area contributed by atoms with Crippen LogP contribution in [0.4, 0.5) is 0 Å². The van der Waals surface area contributed by atoms with Crippen LogP contribution in [-0.2, 0) is 0 Å². The van der Waals surface area contributed by atoms with Crippen LogP contribution in [0.25, 0.3) is 10.8 Å². The zero-order chi connectivity index (χ0) is 19.3. The Labute approximate surface area is 164 Å². The molecule has 0 N–H and O–H groups in total. The molecule has 27 heavy (non-hydrogen) atoms. The van der Waals surface area contributed by atoms with Gasteiger partial charge in [0.1, 0.15) is 0 Å². The number of hydrogen-bond acceptors (Lipinski definition) is 3.